The zero-order valence-corrected chi connectivity index (χ0v) is 14.3. The van der Waals surface area contributed by atoms with Gasteiger partial charge in [-0.2, -0.15) is 10.2 Å². The highest BCUT2D eigenvalue weighted by atomic mass is 19.1. The van der Waals surface area contributed by atoms with Crippen LogP contribution < -0.4 is 16.2 Å². The average molecular weight is 380 g/mol. The van der Waals surface area contributed by atoms with Crippen LogP contribution >= 0.6 is 0 Å². The van der Waals surface area contributed by atoms with E-state index in [1.807, 2.05) is 6.07 Å². The van der Waals surface area contributed by atoms with Gasteiger partial charge in [-0.05, 0) is 23.8 Å². The number of hydrogen-bond acceptors (Lipinski definition) is 8. The molecule has 1 heterocycles. The van der Waals surface area contributed by atoms with Gasteiger partial charge in [-0.3, -0.25) is 10.1 Å². The van der Waals surface area contributed by atoms with Crippen LogP contribution in [0.25, 0.3) is 11.3 Å². The van der Waals surface area contributed by atoms with E-state index in [1.54, 1.807) is 6.07 Å². The van der Waals surface area contributed by atoms with Gasteiger partial charge in [-0.25, -0.2) is 9.37 Å². The maximum Gasteiger partial charge on any atom is 0.270 e. The Kier molecular flexibility index (Phi) is 4.99. The summed E-state index contributed by atoms with van der Waals surface area (Å²) in [6.07, 6.45) is 0. The lowest BCUT2D eigenvalue weighted by molar-refractivity contribution is -0.384. The smallest absolute Gasteiger partial charge is 0.270 e. The fourth-order valence-electron chi connectivity index (χ4n) is 2.53. The minimum Gasteiger partial charge on any atom is -0.488 e. The van der Waals surface area contributed by atoms with Gasteiger partial charge in [0.25, 0.3) is 5.69 Å². The lowest BCUT2D eigenvalue weighted by Gasteiger charge is -2.13. The minimum absolute atomic E-state index is 0.00504. The average Bonchev–Trinajstić information content (AvgIpc) is 2.65. The van der Waals surface area contributed by atoms with Crippen LogP contribution in [-0.2, 0) is 6.61 Å². The summed E-state index contributed by atoms with van der Waals surface area (Å²) < 4.78 is 19.1. The number of nitro groups is 1. The number of nitro benzene ring substituents is 1. The number of halogens is 1. The van der Waals surface area contributed by atoms with E-state index in [0.29, 0.717) is 5.56 Å². The molecule has 2 aromatic carbocycles. The van der Waals surface area contributed by atoms with E-state index in [0.717, 1.165) is 0 Å². The number of nitrogens with two attached hydrogens (primary N) is 2. The molecule has 28 heavy (non-hydrogen) atoms. The summed E-state index contributed by atoms with van der Waals surface area (Å²) >= 11 is 0. The van der Waals surface area contributed by atoms with Crippen LogP contribution in [0.3, 0.4) is 0 Å². The molecule has 0 bridgehead atoms. The zero-order chi connectivity index (χ0) is 20.3. The lowest BCUT2D eigenvalue weighted by atomic mass is 10.0. The molecule has 0 saturated heterocycles. The van der Waals surface area contributed by atoms with Crippen molar-refractivity contribution in [3.63, 3.8) is 0 Å². The first-order valence-corrected chi connectivity index (χ1v) is 7.88. The first-order valence-electron chi connectivity index (χ1n) is 7.88. The maximum absolute atomic E-state index is 13.4. The number of nitrogen functional groups attached to an aromatic ring is 2. The Balaban J connectivity index is 2.10. The maximum atomic E-state index is 13.4. The van der Waals surface area contributed by atoms with E-state index in [9.17, 15) is 19.8 Å². The Bertz CT molecular complexity index is 1110. The van der Waals surface area contributed by atoms with Crippen molar-refractivity contribution < 1.29 is 14.1 Å². The van der Waals surface area contributed by atoms with Crippen molar-refractivity contribution in [3.8, 4) is 23.1 Å². The molecule has 0 fully saturated rings. The molecule has 0 radical (unpaired) electrons. The third-order valence-electron chi connectivity index (χ3n) is 3.78. The molecule has 4 N–H and O–H groups in total. The predicted molar refractivity (Wildman–Crippen MR) is 98.4 cm³/mol. The van der Waals surface area contributed by atoms with Crippen LogP contribution in [0.1, 0.15) is 11.1 Å². The summed E-state index contributed by atoms with van der Waals surface area (Å²) in [7, 11) is 0. The van der Waals surface area contributed by atoms with E-state index in [1.165, 1.54) is 36.4 Å². The Morgan fingerprint density at radius 3 is 2.68 bits per heavy atom. The summed E-state index contributed by atoms with van der Waals surface area (Å²) in [4.78, 5) is 18.3. The summed E-state index contributed by atoms with van der Waals surface area (Å²) in [5.74, 6) is -0.598. The molecule has 1 aromatic heterocycles. The molecule has 3 rings (SSSR count). The number of aromatic nitrogens is 2. The van der Waals surface area contributed by atoms with Crippen molar-refractivity contribution in [2.45, 2.75) is 6.61 Å². The molecule has 0 unspecified atom stereocenters. The standard InChI is InChI=1S/C18H13FN6O3/c19-11-3-1-2-10(6-11)9-28-15-5-4-12(25(26)27)7-13(15)16-14(8-20)17(21)24-18(22)23-16/h1-7H,9H2,(H4,21,22,23,24). The van der Waals surface area contributed by atoms with Crippen LogP contribution in [0.4, 0.5) is 21.8 Å². The van der Waals surface area contributed by atoms with Crippen LogP contribution in [0, 0.1) is 27.3 Å². The number of non-ortho nitro benzene ring substituents is 1. The normalized spacial score (nSPS) is 10.3. The largest absolute Gasteiger partial charge is 0.488 e. The number of nitrogens with zero attached hydrogens (tertiary/aromatic N) is 4. The van der Waals surface area contributed by atoms with Crippen molar-refractivity contribution in [1.82, 2.24) is 9.97 Å². The van der Waals surface area contributed by atoms with Crippen molar-refractivity contribution in [2.75, 3.05) is 11.5 Å². The Hall–Kier alpha value is -4.26. The van der Waals surface area contributed by atoms with Gasteiger partial charge in [0.05, 0.1) is 16.2 Å². The third-order valence-corrected chi connectivity index (χ3v) is 3.78. The van der Waals surface area contributed by atoms with E-state index in [4.69, 9.17) is 16.2 Å². The van der Waals surface area contributed by atoms with Crippen molar-refractivity contribution in [3.05, 3.63) is 69.5 Å². The van der Waals surface area contributed by atoms with E-state index in [2.05, 4.69) is 9.97 Å². The highest BCUT2D eigenvalue weighted by molar-refractivity contribution is 5.78. The second-order valence-electron chi connectivity index (χ2n) is 5.66. The molecule has 0 aliphatic carbocycles. The number of ether oxygens (including phenoxy) is 1. The van der Waals surface area contributed by atoms with Crippen molar-refractivity contribution in [1.29, 1.82) is 5.26 Å². The van der Waals surface area contributed by atoms with Gasteiger partial charge in [-0.1, -0.05) is 12.1 Å². The highest BCUT2D eigenvalue weighted by Gasteiger charge is 2.20. The fourth-order valence-corrected chi connectivity index (χ4v) is 2.53. The second-order valence-corrected chi connectivity index (χ2v) is 5.66. The van der Waals surface area contributed by atoms with Gasteiger partial charge in [0, 0.05) is 12.1 Å². The molecule has 10 heteroatoms. The Morgan fingerprint density at radius 1 is 1.21 bits per heavy atom. The Morgan fingerprint density at radius 2 is 2.00 bits per heavy atom. The zero-order valence-electron chi connectivity index (χ0n) is 14.3. The van der Waals surface area contributed by atoms with E-state index < -0.39 is 10.7 Å². The van der Waals surface area contributed by atoms with Crippen LogP contribution in [0.15, 0.2) is 42.5 Å². The number of nitriles is 1. The van der Waals surface area contributed by atoms with Gasteiger partial charge in [-0.15, -0.1) is 0 Å². The summed E-state index contributed by atoms with van der Waals surface area (Å²) in [5, 5.41) is 20.6. The number of rotatable bonds is 5. The van der Waals surface area contributed by atoms with Crippen LogP contribution in [0.2, 0.25) is 0 Å². The van der Waals surface area contributed by atoms with Gasteiger partial charge in [0.1, 0.15) is 35.6 Å². The first kappa shape index (κ1) is 18.5. The number of anilines is 2. The van der Waals surface area contributed by atoms with Crippen LogP contribution in [0.5, 0.6) is 5.75 Å². The Labute approximate surface area is 158 Å². The molecular formula is C18H13FN6O3. The summed E-state index contributed by atoms with van der Waals surface area (Å²) in [6, 6.07) is 11.5. The molecule has 0 aliphatic heterocycles. The molecule has 0 aliphatic rings. The topological polar surface area (TPSA) is 154 Å². The third kappa shape index (κ3) is 3.78. The fraction of sp³-hybridized carbons (Fsp3) is 0.0556. The van der Waals surface area contributed by atoms with Gasteiger partial charge < -0.3 is 16.2 Å². The summed E-state index contributed by atoms with van der Waals surface area (Å²) in [5.41, 5.74) is 11.7. The SMILES string of the molecule is N#Cc1c(N)nc(N)nc1-c1cc([N+](=O)[O-])ccc1OCc1cccc(F)c1. The quantitative estimate of drug-likeness (QED) is 0.506. The lowest BCUT2D eigenvalue weighted by Crippen LogP contribution is -2.06. The first-order chi connectivity index (χ1) is 13.4. The molecular weight excluding hydrogens is 367 g/mol. The molecule has 0 saturated carbocycles. The van der Waals surface area contributed by atoms with Gasteiger partial charge in [0.15, 0.2) is 0 Å². The van der Waals surface area contributed by atoms with Crippen molar-refractivity contribution >= 4 is 17.5 Å². The molecule has 140 valence electrons. The summed E-state index contributed by atoms with van der Waals surface area (Å²) in [6.45, 7) is -0.0134. The molecule has 0 spiro atoms. The minimum atomic E-state index is -0.597. The molecule has 0 amide bonds. The molecule has 9 nitrogen and oxygen atoms in total. The van der Waals surface area contributed by atoms with E-state index >= 15 is 0 Å². The van der Waals surface area contributed by atoms with Gasteiger partial charge in [0.2, 0.25) is 5.95 Å². The predicted octanol–water partition coefficient (Wildman–Crippen LogP) is 2.81. The monoisotopic (exact) mass is 380 g/mol. The second kappa shape index (κ2) is 7.55. The number of hydrogen-bond donors (Lipinski definition) is 2. The van der Waals surface area contributed by atoms with Crippen molar-refractivity contribution in [2.24, 2.45) is 0 Å². The number of benzene rings is 2. The highest BCUT2D eigenvalue weighted by Crippen LogP contribution is 2.36. The van der Waals surface area contributed by atoms with Gasteiger partial charge >= 0.3 is 0 Å². The van der Waals surface area contributed by atoms with E-state index in [-0.39, 0.29) is 46.6 Å². The molecule has 0 atom stereocenters. The molecule has 3 aromatic rings. The van der Waals surface area contributed by atoms with Crippen LogP contribution in [-0.4, -0.2) is 14.9 Å².